The Morgan fingerprint density at radius 2 is 2.05 bits per heavy atom. The van der Waals surface area contributed by atoms with Gasteiger partial charge < -0.3 is 10.5 Å². The molecule has 0 spiro atoms. The maximum atomic E-state index is 13.1. The van der Waals surface area contributed by atoms with Crippen LogP contribution < -0.4 is 5.73 Å². The van der Waals surface area contributed by atoms with E-state index in [9.17, 15) is 4.39 Å². The fourth-order valence-corrected chi connectivity index (χ4v) is 3.01. The van der Waals surface area contributed by atoms with E-state index >= 15 is 0 Å². The molecule has 1 fully saturated rings. The van der Waals surface area contributed by atoms with Gasteiger partial charge in [0.15, 0.2) is 0 Å². The van der Waals surface area contributed by atoms with Gasteiger partial charge in [-0.1, -0.05) is 17.7 Å². The lowest BCUT2D eigenvalue weighted by molar-refractivity contribution is -0.0799. The number of nitrogens with two attached hydrogens (primary N) is 1. The van der Waals surface area contributed by atoms with Crippen LogP contribution in [-0.2, 0) is 4.74 Å². The summed E-state index contributed by atoms with van der Waals surface area (Å²) < 4.78 is 18.9. The minimum atomic E-state index is -0.326. The van der Waals surface area contributed by atoms with Crippen LogP contribution in [0.3, 0.4) is 0 Å². The number of ether oxygens (including phenoxy) is 1. The number of nitrogens with zero attached hydrogens (tertiary/aromatic N) is 1. The molecule has 0 aromatic heterocycles. The third kappa shape index (κ3) is 3.45. The van der Waals surface area contributed by atoms with Crippen molar-refractivity contribution in [1.29, 1.82) is 0 Å². The normalized spacial score (nSPS) is 26.4. The molecule has 5 heteroatoms. The Morgan fingerprint density at radius 3 is 2.58 bits per heavy atom. The van der Waals surface area contributed by atoms with Gasteiger partial charge in [0.2, 0.25) is 0 Å². The predicted molar refractivity (Wildman–Crippen MR) is 74.8 cm³/mol. The Kier molecular flexibility index (Phi) is 4.79. The van der Waals surface area contributed by atoms with E-state index in [0.717, 1.165) is 18.7 Å². The van der Waals surface area contributed by atoms with Crippen LogP contribution in [0.25, 0.3) is 0 Å². The minimum absolute atomic E-state index is 0.00176. The topological polar surface area (TPSA) is 38.5 Å². The zero-order chi connectivity index (χ0) is 14.0. The van der Waals surface area contributed by atoms with E-state index < -0.39 is 0 Å². The second-order valence-electron chi connectivity index (χ2n) is 5.13. The second-order valence-corrected chi connectivity index (χ2v) is 5.54. The zero-order valence-corrected chi connectivity index (χ0v) is 12.0. The molecule has 0 radical (unpaired) electrons. The number of morpholine rings is 1. The SMILES string of the molecule is CC1CN(C(CN)c2ccc(F)cc2Cl)CC(C)O1. The minimum Gasteiger partial charge on any atom is -0.373 e. The summed E-state index contributed by atoms with van der Waals surface area (Å²) in [5.41, 5.74) is 6.78. The fraction of sp³-hybridized carbons (Fsp3) is 0.571. The van der Waals surface area contributed by atoms with Crippen molar-refractivity contribution in [2.75, 3.05) is 19.6 Å². The lowest BCUT2D eigenvalue weighted by atomic mass is 10.0. The van der Waals surface area contributed by atoms with E-state index in [2.05, 4.69) is 4.90 Å². The first-order chi connectivity index (χ1) is 9.01. The van der Waals surface area contributed by atoms with Gasteiger partial charge in [0.05, 0.1) is 12.2 Å². The number of benzene rings is 1. The van der Waals surface area contributed by atoms with E-state index in [4.69, 9.17) is 22.1 Å². The van der Waals surface area contributed by atoms with Crippen molar-refractivity contribution in [3.63, 3.8) is 0 Å². The summed E-state index contributed by atoms with van der Waals surface area (Å²) in [5.74, 6) is -0.326. The largest absolute Gasteiger partial charge is 0.373 e. The molecule has 1 saturated heterocycles. The van der Waals surface area contributed by atoms with E-state index in [1.165, 1.54) is 12.1 Å². The molecule has 3 nitrogen and oxygen atoms in total. The summed E-state index contributed by atoms with van der Waals surface area (Å²) in [4.78, 5) is 2.26. The Labute approximate surface area is 118 Å². The molecular formula is C14H20ClFN2O. The highest BCUT2D eigenvalue weighted by atomic mass is 35.5. The van der Waals surface area contributed by atoms with Gasteiger partial charge in [-0.15, -0.1) is 0 Å². The third-order valence-corrected chi connectivity index (χ3v) is 3.76. The number of hydrogen-bond acceptors (Lipinski definition) is 3. The average Bonchev–Trinajstić information content (AvgIpc) is 2.31. The number of halogens is 2. The molecule has 1 aromatic rings. The Balaban J connectivity index is 2.23. The fourth-order valence-electron chi connectivity index (χ4n) is 2.72. The lowest BCUT2D eigenvalue weighted by Gasteiger charge is -2.40. The molecule has 106 valence electrons. The Hall–Kier alpha value is -0.680. The van der Waals surface area contributed by atoms with Crippen LogP contribution in [0.1, 0.15) is 25.5 Å². The predicted octanol–water partition coefficient (Wildman–Crippen LogP) is 2.59. The van der Waals surface area contributed by atoms with Crippen molar-refractivity contribution in [3.8, 4) is 0 Å². The summed E-state index contributed by atoms with van der Waals surface area (Å²) in [6.07, 6.45) is 0.328. The molecule has 19 heavy (non-hydrogen) atoms. The molecule has 0 amide bonds. The van der Waals surface area contributed by atoms with Gasteiger partial charge in [0.25, 0.3) is 0 Å². The molecule has 3 unspecified atom stereocenters. The highest BCUT2D eigenvalue weighted by Gasteiger charge is 2.29. The van der Waals surface area contributed by atoms with Gasteiger partial charge in [-0.25, -0.2) is 4.39 Å². The van der Waals surface area contributed by atoms with Crippen molar-refractivity contribution < 1.29 is 9.13 Å². The second kappa shape index (κ2) is 6.18. The van der Waals surface area contributed by atoms with Crippen LogP contribution in [0.4, 0.5) is 4.39 Å². The smallest absolute Gasteiger partial charge is 0.124 e. The van der Waals surface area contributed by atoms with Crippen LogP contribution in [0.2, 0.25) is 5.02 Å². The van der Waals surface area contributed by atoms with Gasteiger partial charge in [0, 0.05) is 30.7 Å². The summed E-state index contributed by atoms with van der Waals surface area (Å²) in [6, 6.07) is 4.49. The van der Waals surface area contributed by atoms with Gasteiger partial charge in [-0.2, -0.15) is 0 Å². The van der Waals surface area contributed by atoms with Crippen LogP contribution in [-0.4, -0.2) is 36.7 Å². The van der Waals surface area contributed by atoms with Crippen molar-refractivity contribution in [2.24, 2.45) is 5.73 Å². The molecule has 0 saturated carbocycles. The van der Waals surface area contributed by atoms with Crippen LogP contribution in [0.5, 0.6) is 0 Å². The average molecular weight is 287 g/mol. The monoisotopic (exact) mass is 286 g/mol. The summed E-state index contributed by atoms with van der Waals surface area (Å²) >= 11 is 6.14. The first-order valence-corrected chi connectivity index (χ1v) is 6.93. The number of rotatable bonds is 3. The maximum Gasteiger partial charge on any atom is 0.124 e. The Morgan fingerprint density at radius 1 is 1.42 bits per heavy atom. The highest BCUT2D eigenvalue weighted by molar-refractivity contribution is 6.31. The van der Waals surface area contributed by atoms with Crippen molar-refractivity contribution in [2.45, 2.75) is 32.1 Å². The maximum absolute atomic E-state index is 13.1. The summed E-state index contributed by atoms with van der Waals surface area (Å²) in [7, 11) is 0. The first kappa shape index (κ1) is 14.7. The molecule has 2 rings (SSSR count). The molecule has 2 N–H and O–H groups in total. The summed E-state index contributed by atoms with van der Waals surface area (Å²) in [6.45, 7) is 6.15. The molecule has 1 heterocycles. The molecule has 1 aliphatic heterocycles. The van der Waals surface area contributed by atoms with E-state index in [1.54, 1.807) is 6.07 Å². The van der Waals surface area contributed by atoms with Crippen molar-refractivity contribution in [1.82, 2.24) is 4.90 Å². The van der Waals surface area contributed by atoms with Crippen LogP contribution >= 0.6 is 11.6 Å². The lowest BCUT2D eigenvalue weighted by Crippen LogP contribution is -2.48. The van der Waals surface area contributed by atoms with Crippen LogP contribution in [0.15, 0.2) is 18.2 Å². The van der Waals surface area contributed by atoms with Gasteiger partial charge in [-0.05, 0) is 31.5 Å². The van der Waals surface area contributed by atoms with Gasteiger partial charge in [0.1, 0.15) is 5.82 Å². The first-order valence-electron chi connectivity index (χ1n) is 6.55. The molecule has 0 bridgehead atoms. The highest BCUT2D eigenvalue weighted by Crippen LogP contribution is 2.29. The molecule has 1 aliphatic rings. The van der Waals surface area contributed by atoms with E-state index in [0.29, 0.717) is 11.6 Å². The molecule has 3 atom stereocenters. The molecule has 0 aliphatic carbocycles. The van der Waals surface area contributed by atoms with Gasteiger partial charge in [-0.3, -0.25) is 4.90 Å². The zero-order valence-electron chi connectivity index (χ0n) is 11.3. The van der Waals surface area contributed by atoms with Crippen molar-refractivity contribution in [3.05, 3.63) is 34.6 Å². The Bertz CT molecular complexity index is 433. The molecular weight excluding hydrogens is 267 g/mol. The van der Waals surface area contributed by atoms with Gasteiger partial charge >= 0.3 is 0 Å². The quantitative estimate of drug-likeness (QED) is 0.928. The molecule has 1 aromatic carbocycles. The van der Waals surface area contributed by atoms with E-state index in [-0.39, 0.29) is 24.1 Å². The van der Waals surface area contributed by atoms with Crippen LogP contribution in [0, 0.1) is 5.82 Å². The van der Waals surface area contributed by atoms with Crippen molar-refractivity contribution >= 4 is 11.6 Å². The van der Waals surface area contributed by atoms with E-state index in [1.807, 2.05) is 13.8 Å². The number of hydrogen-bond donors (Lipinski definition) is 1. The summed E-state index contributed by atoms with van der Waals surface area (Å²) in [5, 5.41) is 0.433. The standard InChI is InChI=1S/C14H20ClFN2O/c1-9-7-18(8-10(2)19-9)14(6-17)12-4-3-11(16)5-13(12)15/h3-5,9-10,14H,6-8,17H2,1-2H3. The third-order valence-electron chi connectivity index (χ3n) is 3.43.